The number of halogens is 2. The van der Waals surface area contributed by atoms with Crippen LogP contribution in [0.2, 0.25) is 10.0 Å². The number of hydrogen-bond acceptors (Lipinski definition) is 7. The normalized spacial score (nSPS) is 19.5. The Balaban J connectivity index is 1.43. The van der Waals surface area contributed by atoms with Crippen molar-refractivity contribution >= 4 is 52.2 Å². The minimum Gasteiger partial charge on any atom is -0.278 e. The summed E-state index contributed by atoms with van der Waals surface area (Å²) in [7, 11) is 0. The summed E-state index contributed by atoms with van der Waals surface area (Å²) in [5.74, 6) is 1.47. The minimum absolute atomic E-state index is 0.126. The van der Waals surface area contributed by atoms with Gasteiger partial charge in [-0.3, -0.25) is 10.3 Å². The number of thioether (sulfide) groups is 1. The number of nitrogens with one attached hydrogen (secondary N) is 2. The van der Waals surface area contributed by atoms with Crippen molar-refractivity contribution in [1.82, 2.24) is 25.5 Å². The van der Waals surface area contributed by atoms with Crippen molar-refractivity contribution in [3.8, 4) is 5.00 Å². The van der Waals surface area contributed by atoms with Gasteiger partial charge in [-0.15, -0.1) is 21.5 Å². The molecule has 2 N–H and O–H groups in total. The average Bonchev–Trinajstić information content (AvgIpc) is 3.43. The molecule has 1 atom stereocenters. The molecule has 6 nitrogen and oxygen atoms in total. The zero-order chi connectivity index (χ0) is 18.8. The molecule has 6 rings (SSSR count). The Morgan fingerprint density at radius 2 is 2.07 bits per heavy atom. The van der Waals surface area contributed by atoms with E-state index in [1.165, 1.54) is 33.8 Å². The van der Waals surface area contributed by atoms with E-state index in [1.807, 2.05) is 29.5 Å². The average molecular weight is 451 g/mol. The predicted molar refractivity (Wildman–Crippen MR) is 114 cm³/mol. The van der Waals surface area contributed by atoms with Crippen molar-refractivity contribution in [1.29, 1.82) is 0 Å². The smallest absolute Gasteiger partial charge is 0.249 e. The molecule has 0 spiro atoms. The maximum Gasteiger partial charge on any atom is 0.249 e. The third kappa shape index (κ3) is 2.49. The predicted octanol–water partition coefficient (Wildman–Crippen LogP) is 4.30. The highest BCUT2D eigenvalue weighted by Crippen LogP contribution is 2.48. The molecule has 0 bridgehead atoms. The van der Waals surface area contributed by atoms with Crippen molar-refractivity contribution in [2.45, 2.75) is 36.3 Å². The molecule has 2 aromatic heterocycles. The first-order valence-electron chi connectivity index (χ1n) is 9.14. The van der Waals surface area contributed by atoms with Crippen molar-refractivity contribution in [2.24, 2.45) is 0 Å². The zero-order valence-electron chi connectivity index (χ0n) is 14.7. The van der Waals surface area contributed by atoms with Crippen LogP contribution in [0.4, 0.5) is 5.95 Å². The van der Waals surface area contributed by atoms with Crippen LogP contribution >= 0.6 is 46.3 Å². The molecule has 0 radical (unpaired) electrons. The summed E-state index contributed by atoms with van der Waals surface area (Å²) in [5.41, 5.74) is 7.21. The van der Waals surface area contributed by atoms with E-state index < -0.39 is 0 Å². The number of anilines is 1. The van der Waals surface area contributed by atoms with E-state index in [1.54, 1.807) is 11.8 Å². The Kier molecular flexibility index (Phi) is 4.15. The molecular weight excluding hydrogens is 435 g/mol. The summed E-state index contributed by atoms with van der Waals surface area (Å²) >= 11 is 16.2. The molecule has 0 amide bonds. The third-order valence-electron chi connectivity index (χ3n) is 5.46. The summed E-state index contributed by atoms with van der Waals surface area (Å²) < 4.78 is 2.18. The summed E-state index contributed by atoms with van der Waals surface area (Å²) in [6.07, 6.45) is 3.70. The van der Waals surface area contributed by atoms with Gasteiger partial charge in [-0.1, -0.05) is 41.0 Å². The molecular formula is C18H16Cl2N6S2. The number of hydrogen-bond donors (Lipinski definition) is 2. The lowest BCUT2D eigenvalue weighted by atomic mass is 10.1. The van der Waals surface area contributed by atoms with Gasteiger partial charge >= 0.3 is 0 Å². The van der Waals surface area contributed by atoms with Gasteiger partial charge in [-0.05, 0) is 42.5 Å². The molecule has 28 heavy (non-hydrogen) atoms. The molecule has 3 aliphatic rings. The fourth-order valence-electron chi connectivity index (χ4n) is 4.19. The first kappa shape index (κ1) is 17.6. The Morgan fingerprint density at radius 3 is 2.93 bits per heavy atom. The van der Waals surface area contributed by atoms with Crippen LogP contribution in [0.1, 0.15) is 34.2 Å². The summed E-state index contributed by atoms with van der Waals surface area (Å²) in [6, 6.07) is 5.60. The second-order valence-electron chi connectivity index (χ2n) is 6.99. The van der Waals surface area contributed by atoms with Crippen LogP contribution in [0.3, 0.4) is 0 Å². The standard InChI is InChI=1S/C18H16Cl2N6S2/c19-11-4-2-5-12(20)10(11)7-27-18-24-23-17-25(18)16-14(15-21-8-22-26(15)17)9-3-1-6-13(9)28-16/h2,4-5,15,21-22H,1,3,6-8H2. The number of thiophene rings is 1. The van der Waals surface area contributed by atoms with Crippen LogP contribution in [0, 0.1) is 0 Å². The number of hydrazine groups is 1. The van der Waals surface area contributed by atoms with Gasteiger partial charge in [-0.2, -0.15) is 0 Å². The summed E-state index contributed by atoms with van der Waals surface area (Å²) in [6.45, 7) is 0.722. The van der Waals surface area contributed by atoms with Crippen molar-refractivity contribution in [3.63, 3.8) is 0 Å². The van der Waals surface area contributed by atoms with Crippen LogP contribution in [0.15, 0.2) is 23.4 Å². The van der Waals surface area contributed by atoms with Crippen molar-refractivity contribution in [3.05, 3.63) is 49.8 Å². The molecule has 1 saturated heterocycles. The molecule has 2 aliphatic heterocycles. The number of aromatic nitrogens is 3. The van der Waals surface area contributed by atoms with Gasteiger partial charge in [0.15, 0.2) is 5.16 Å². The van der Waals surface area contributed by atoms with Gasteiger partial charge in [0, 0.05) is 26.2 Å². The fraction of sp³-hybridized carbons (Fsp3) is 0.333. The van der Waals surface area contributed by atoms with Gasteiger partial charge in [-0.25, -0.2) is 9.99 Å². The molecule has 1 aliphatic carbocycles. The highest BCUT2D eigenvalue weighted by atomic mass is 35.5. The molecule has 3 aromatic rings. The van der Waals surface area contributed by atoms with E-state index in [0.717, 1.165) is 29.8 Å². The molecule has 1 fully saturated rings. The Hall–Kier alpha value is -1.29. The summed E-state index contributed by atoms with van der Waals surface area (Å²) in [4.78, 5) is 1.50. The van der Waals surface area contributed by atoms with Gasteiger partial charge in [0.1, 0.15) is 11.2 Å². The van der Waals surface area contributed by atoms with Crippen molar-refractivity contribution < 1.29 is 0 Å². The van der Waals surface area contributed by atoms with Crippen LogP contribution in [0.25, 0.3) is 5.00 Å². The van der Waals surface area contributed by atoms with Crippen LogP contribution in [-0.4, -0.2) is 21.4 Å². The molecule has 1 aromatic carbocycles. The molecule has 10 heteroatoms. The Labute approximate surface area is 180 Å². The Bertz CT molecular complexity index is 1070. The van der Waals surface area contributed by atoms with Crippen LogP contribution < -0.4 is 15.8 Å². The van der Waals surface area contributed by atoms with E-state index in [9.17, 15) is 0 Å². The first-order valence-corrected chi connectivity index (χ1v) is 11.7. The van der Waals surface area contributed by atoms with Gasteiger partial charge < -0.3 is 0 Å². The van der Waals surface area contributed by atoms with E-state index in [4.69, 9.17) is 23.2 Å². The highest BCUT2D eigenvalue weighted by Gasteiger charge is 2.42. The molecule has 1 unspecified atom stereocenters. The second-order valence-corrected chi connectivity index (χ2v) is 9.84. The van der Waals surface area contributed by atoms with E-state index in [0.29, 0.717) is 15.8 Å². The number of benzene rings is 1. The highest BCUT2D eigenvalue weighted by molar-refractivity contribution is 7.98. The number of aryl methyl sites for hydroxylation is 1. The van der Waals surface area contributed by atoms with Crippen LogP contribution in [-0.2, 0) is 18.6 Å². The van der Waals surface area contributed by atoms with E-state index >= 15 is 0 Å². The number of rotatable bonds is 3. The SMILES string of the molecule is Clc1cccc(Cl)c1CSc1nnc2n1-c1sc3c(c1C1NCNN21)CCC3. The lowest BCUT2D eigenvalue weighted by molar-refractivity contribution is 0.588. The number of nitrogens with zero attached hydrogens (tertiary/aromatic N) is 4. The first-order chi connectivity index (χ1) is 13.7. The van der Waals surface area contributed by atoms with E-state index in [2.05, 4.69) is 30.5 Å². The second kappa shape index (κ2) is 6.62. The lowest BCUT2D eigenvalue weighted by Crippen LogP contribution is -2.39. The van der Waals surface area contributed by atoms with Crippen LogP contribution in [0.5, 0.6) is 0 Å². The Morgan fingerprint density at radius 1 is 1.21 bits per heavy atom. The zero-order valence-corrected chi connectivity index (χ0v) is 17.9. The maximum atomic E-state index is 6.35. The monoisotopic (exact) mass is 450 g/mol. The topological polar surface area (TPSA) is 58.0 Å². The van der Waals surface area contributed by atoms with Gasteiger partial charge in [0.25, 0.3) is 0 Å². The van der Waals surface area contributed by atoms with Gasteiger partial charge in [0.2, 0.25) is 5.95 Å². The number of fused-ring (bicyclic) bond motifs is 8. The van der Waals surface area contributed by atoms with Crippen molar-refractivity contribution in [2.75, 3.05) is 11.7 Å². The molecule has 0 saturated carbocycles. The maximum absolute atomic E-state index is 6.35. The fourth-order valence-corrected chi connectivity index (χ4v) is 7.34. The third-order valence-corrected chi connectivity index (χ3v) is 8.42. The summed E-state index contributed by atoms with van der Waals surface area (Å²) in [5, 5.41) is 18.1. The largest absolute Gasteiger partial charge is 0.278 e. The quantitative estimate of drug-likeness (QED) is 0.580. The lowest BCUT2D eigenvalue weighted by Gasteiger charge is -2.30. The molecule has 144 valence electrons. The minimum atomic E-state index is 0.126. The van der Waals surface area contributed by atoms with Gasteiger partial charge in [0.05, 0.1) is 6.67 Å². The molecule has 4 heterocycles. The van der Waals surface area contributed by atoms with E-state index in [-0.39, 0.29) is 6.17 Å².